The summed E-state index contributed by atoms with van der Waals surface area (Å²) in [6, 6.07) is 7.88. The lowest BCUT2D eigenvalue weighted by Crippen LogP contribution is -1.99. The second-order valence-corrected chi connectivity index (χ2v) is 7.27. The molecule has 0 aliphatic carbocycles. The van der Waals surface area contributed by atoms with Crippen LogP contribution in [0.15, 0.2) is 57.6 Å². The number of hydrogen-bond acceptors (Lipinski definition) is 10. The Morgan fingerprint density at radius 1 is 0.967 bits per heavy atom. The van der Waals surface area contributed by atoms with Gasteiger partial charge >= 0.3 is 5.69 Å². The van der Waals surface area contributed by atoms with Crippen molar-refractivity contribution in [1.82, 2.24) is 0 Å². The first-order chi connectivity index (χ1) is 14.0. The number of nitro benzene ring substituents is 2. The highest BCUT2D eigenvalue weighted by atomic mass is 32.2. The van der Waals surface area contributed by atoms with Crippen molar-refractivity contribution in [2.45, 2.75) is 4.90 Å². The van der Waals surface area contributed by atoms with Crippen molar-refractivity contribution in [1.29, 1.82) is 0 Å². The molecule has 30 heavy (non-hydrogen) atoms. The van der Waals surface area contributed by atoms with E-state index in [1.165, 1.54) is 24.3 Å². The molecule has 0 saturated heterocycles. The van der Waals surface area contributed by atoms with Gasteiger partial charge in [-0.1, -0.05) is 18.2 Å². The Bertz CT molecular complexity index is 1350. The van der Waals surface area contributed by atoms with Crippen LogP contribution in [0.4, 0.5) is 28.4 Å². The summed E-state index contributed by atoms with van der Waals surface area (Å²) < 4.78 is 32.5. The summed E-state index contributed by atoms with van der Waals surface area (Å²) >= 11 is 0. The topological polar surface area (TPSA) is 212 Å². The molecule has 0 aliphatic rings. The van der Waals surface area contributed by atoms with Gasteiger partial charge in [-0.25, -0.2) is 0 Å². The van der Waals surface area contributed by atoms with Crippen molar-refractivity contribution < 1.29 is 27.9 Å². The first-order valence-electron chi connectivity index (χ1n) is 7.87. The van der Waals surface area contributed by atoms with Crippen LogP contribution in [0.5, 0.6) is 5.75 Å². The molecule has 3 aromatic carbocycles. The first kappa shape index (κ1) is 20.6. The van der Waals surface area contributed by atoms with Gasteiger partial charge in [-0.2, -0.15) is 8.42 Å². The fourth-order valence-corrected chi connectivity index (χ4v) is 3.39. The zero-order chi connectivity index (χ0) is 22.2. The van der Waals surface area contributed by atoms with Gasteiger partial charge in [-0.3, -0.25) is 24.8 Å². The van der Waals surface area contributed by atoms with E-state index in [-0.39, 0.29) is 22.1 Å². The van der Waals surface area contributed by atoms with Gasteiger partial charge in [-0.05, 0) is 12.1 Å². The van der Waals surface area contributed by atoms with Gasteiger partial charge in [0.25, 0.3) is 15.8 Å². The summed E-state index contributed by atoms with van der Waals surface area (Å²) in [4.78, 5) is 19.7. The number of fused-ring (bicyclic) bond motifs is 1. The normalized spacial score (nSPS) is 11.8. The Hall–Kier alpha value is -4.17. The number of aromatic hydroxyl groups is 1. The third-order valence-corrected chi connectivity index (χ3v) is 4.93. The number of azo groups is 1. The predicted molar refractivity (Wildman–Crippen MR) is 104 cm³/mol. The number of phenolic OH excluding ortho intramolecular Hbond substituents is 1. The molecule has 0 spiro atoms. The average molecular weight is 433 g/mol. The standard InChI is InChI=1S/C16H11N5O8S/c17-11-5-4-9-10(2-1-3-14(9)30(27,28)29)15(11)19-18-12-6-8(20(23)24)7-13(16(12)22)21(25)26/h1-7,22H,17H2,(H,27,28,29). The van der Waals surface area contributed by atoms with E-state index in [0.29, 0.717) is 6.07 Å². The Morgan fingerprint density at radius 3 is 2.27 bits per heavy atom. The Labute approximate surface area is 167 Å². The summed E-state index contributed by atoms with van der Waals surface area (Å²) in [5.41, 5.74) is 3.59. The summed E-state index contributed by atoms with van der Waals surface area (Å²) in [5, 5.41) is 39.7. The molecule has 0 aliphatic heterocycles. The molecule has 0 bridgehead atoms. The number of nitro groups is 2. The zero-order valence-electron chi connectivity index (χ0n) is 14.7. The van der Waals surface area contributed by atoms with Crippen LogP contribution in [0, 0.1) is 20.2 Å². The molecule has 0 amide bonds. The quantitative estimate of drug-likeness (QED) is 0.176. The van der Waals surface area contributed by atoms with Crippen molar-refractivity contribution in [2.24, 2.45) is 10.2 Å². The van der Waals surface area contributed by atoms with Crippen molar-refractivity contribution in [3.8, 4) is 5.75 Å². The monoisotopic (exact) mass is 433 g/mol. The van der Waals surface area contributed by atoms with Gasteiger partial charge < -0.3 is 10.8 Å². The number of hydrogen-bond donors (Lipinski definition) is 3. The Kier molecular flexibility index (Phi) is 5.03. The molecule has 3 rings (SSSR count). The molecule has 0 aromatic heterocycles. The second kappa shape index (κ2) is 7.34. The Morgan fingerprint density at radius 2 is 1.67 bits per heavy atom. The number of non-ortho nitro benzene ring substituents is 1. The highest BCUT2D eigenvalue weighted by Crippen LogP contribution is 2.42. The minimum absolute atomic E-state index is 0.0261. The largest absolute Gasteiger partial charge is 0.501 e. The third kappa shape index (κ3) is 3.71. The molecule has 13 nitrogen and oxygen atoms in total. The molecule has 0 fully saturated rings. The number of nitrogens with zero attached hydrogens (tertiary/aromatic N) is 4. The SMILES string of the molecule is Nc1ccc2c(S(=O)(=O)O)cccc2c1N=Nc1cc([N+](=O)[O-])cc([N+](=O)[O-])c1O. The van der Waals surface area contributed by atoms with Crippen LogP contribution < -0.4 is 5.73 Å². The minimum Gasteiger partial charge on any atom is -0.501 e. The van der Waals surface area contributed by atoms with Gasteiger partial charge in [0.2, 0.25) is 5.75 Å². The van der Waals surface area contributed by atoms with Gasteiger partial charge in [0.15, 0.2) is 0 Å². The molecular formula is C16H11N5O8S. The molecule has 0 radical (unpaired) electrons. The summed E-state index contributed by atoms with van der Waals surface area (Å²) in [6.07, 6.45) is 0. The summed E-state index contributed by atoms with van der Waals surface area (Å²) in [5.74, 6) is -0.952. The summed E-state index contributed by atoms with van der Waals surface area (Å²) in [6.45, 7) is 0. The molecule has 0 heterocycles. The van der Waals surface area contributed by atoms with Crippen LogP contribution in [-0.4, -0.2) is 27.9 Å². The van der Waals surface area contributed by atoms with Crippen molar-refractivity contribution in [3.63, 3.8) is 0 Å². The van der Waals surface area contributed by atoms with E-state index in [1.54, 1.807) is 0 Å². The van der Waals surface area contributed by atoms with Gasteiger partial charge in [0, 0.05) is 16.8 Å². The maximum Gasteiger partial charge on any atom is 0.319 e. The van der Waals surface area contributed by atoms with Crippen molar-refractivity contribution >= 4 is 49.3 Å². The van der Waals surface area contributed by atoms with E-state index in [9.17, 15) is 38.3 Å². The molecule has 4 N–H and O–H groups in total. The summed E-state index contributed by atoms with van der Waals surface area (Å²) in [7, 11) is -4.57. The Balaban J connectivity index is 2.24. The fourth-order valence-electron chi connectivity index (χ4n) is 2.68. The molecule has 154 valence electrons. The average Bonchev–Trinajstić information content (AvgIpc) is 2.66. The van der Waals surface area contributed by atoms with Gasteiger partial charge in [0.1, 0.15) is 16.3 Å². The van der Waals surface area contributed by atoms with E-state index < -0.39 is 47.7 Å². The molecular weight excluding hydrogens is 422 g/mol. The number of benzene rings is 3. The molecule has 3 aromatic rings. The number of nitrogens with two attached hydrogens (primary N) is 1. The van der Waals surface area contributed by atoms with E-state index in [4.69, 9.17) is 5.73 Å². The maximum absolute atomic E-state index is 11.6. The lowest BCUT2D eigenvalue weighted by molar-refractivity contribution is -0.394. The highest BCUT2D eigenvalue weighted by Gasteiger charge is 2.24. The van der Waals surface area contributed by atoms with Crippen LogP contribution in [0.2, 0.25) is 0 Å². The number of rotatable bonds is 5. The lowest BCUT2D eigenvalue weighted by atomic mass is 10.1. The van der Waals surface area contributed by atoms with E-state index >= 15 is 0 Å². The van der Waals surface area contributed by atoms with E-state index in [1.807, 2.05) is 0 Å². The van der Waals surface area contributed by atoms with Crippen molar-refractivity contribution in [2.75, 3.05) is 5.73 Å². The van der Waals surface area contributed by atoms with Gasteiger partial charge in [-0.15, -0.1) is 10.2 Å². The molecule has 14 heteroatoms. The predicted octanol–water partition coefficient (Wildman–Crippen LogP) is 3.61. The lowest BCUT2D eigenvalue weighted by Gasteiger charge is -2.08. The third-order valence-electron chi connectivity index (χ3n) is 4.02. The number of anilines is 1. The molecule has 0 saturated carbocycles. The van der Waals surface area contributed by atoms with E-state index in [2.05, 4.69) is 10.2 Å². The smallest absolute Gasteiger partial charge is 0.319 e. The minimum atomic E-state index is -4.57. The van der Waals surface area contributed by atoms with Crippen LogP contribution in [0.3, 0.4) is 0 Å². The fraction of sp³-hybridized carbons (Fsp3) is 0. The van der Waals surface area contributed by atoms with Crippen LogP contribution in [-0.2, 0) is 10.1 Å². The number of nitrogen functional groups attached to an aromatic ring is 1. The molecule has 0 atom stereocenters. The van der Waals surface area contributed by atoms with Crippen molar-refractivity contribution in [3.05, 3.63) is 62.7 Å². The zero-order valence-corrected chi connectivity index (χ0v) is 15.5. The number of phenols is 1. The first-order valence-corrected chi connectivity index (χ1v) is 9.31. The van der Waals surface area contributed by atoms with Crippen LogP contribution >= 0.6 is 0 Å². The van der Waals surface area contributed by atoms with E-state index in [0.717, 1.165) is 12.1 Å². The van der Waals surface area contributed by atoms with Gasteiger partial charge in [0.05, 0.1) is 21.6 Å². The van der Waals surface area contributed by atoms with Crippen LogP contribution in [0.1, 0.15) is 0 Å². The highest BCUT2D eigenvalue weighted by molar-refractivity contribution is 7.86. The molecule has 0 unspecified atom stereocenters. The van der Waals surface area contributed by atoms with Crippen LogP contribution in [0.25, 0.3) is 10.8 Å². The maximum atomic E-state index is 11.6. The second-order valence-electron chi connectivity index (χ2n) is 5.88.